The molecule has 0 aromatic carbocycles. The molecule has 6 heteroatoms. The van der Waals surface area contributed by atoms with Gasteiger partial charge in [0.05, 0.1) is 6.20 Å². The molecule has 3 heterocycles. The summed E-state index contributed by atoms with van der Waals surface area (Å²) in [7, 11) is 0. The maximum atomic E-state index is 4.33. The van der Waals surface area contributed by atoms with Crippen LogP contribution in [0.2, 0.25) is 0 Å². The molecular formula is C9H9N3OS2. The van der Waals surface area contributed by atoms with Gasteiger partial charge < -0.3 is 4.52 Å². The monoisotopic (exact) mass is 239 g/mol. The lowest BCUT2D eigenvalue weighted by Gasteiger charge is -1.48. The molecule has 4 nitrogen and oxygen atoms in total. The van der Waals surface area contributed by atoms with Crippen molar-refractivity contribution < 1.29 is 4.52 Å². The third-order valence-electron chi connectivity index (χ3n) is 1.04. The number of hydrogen-bond donors (Lipinski definition) is 0. The summed E-state index contributed by atoms with van der Waals surface area (Å²) in [5.41, 5.74) is 0. The molecule has 0 unspecified atom stereocenters. The van der Waals surface area contributed by atoms with E-state index >= 15 is 0 Å². The highest BCUT2D eigenvalue weighted by Gasteiger charge is 1.61. The van der Waals surface area contributed by atoms with Gasteiger partial charge >= 0.3 is 0 Å². The summed E-state index contributed by atoms with van der Waals surface area (Å²) >= 11 is 2.93. The van der Waals surface area contributed by atoms with Gasteiger partial charge in [-0.3, -0.25) is 0 Å². The first-order valence-corrected chi connectivity index (χ1v) is 5.70. The second-order valence-electron chi connectivity index (χ2n) is 2.07. The summed E-state index contributed by atoms with van der Waals surface area (Å²) in [5, 5.41) is 7.21. The van der Waals surface area contributed by atoms with E-state index in [0.717, 1.165) is 0 Å². The van der Waals surface area contributed by atoms with Gasteiger partial charge in [-0.05, 0) is 41.3 Å². The fourth-order valence-electron chi connectivity index (χ4n) is 0.527. The van der Waals surface area contributed by atoms with Gasteiger partial charge in [-0.1, -0.05) is 5.16 Å². The minimum Gasteiger partial charge on any atom is -0.365 e. The highest BCUT2D eigenvalue weighted by Crippen LogP contribution is 1.84. The molecular weight excluding hydrogens is 230 g/mol. The van der Waals surface area contributed by atoms with E-state index in [9.17, 15) is 0 Å². The predicted octanol–water partition coefficient (Wildman–Crippen LogP) is 2.96. The quantitative estimate of drug-likeness (QED) is 0.605. The van der Waals surface area contributed by atoms with E-state index in [2.05, 4.69) is 18.4 Å². The Hall–Kier alpha value is -1.53. The van der Waals surface area contributed by atoms with Gasteiger partial charge in [0.15, 0.2) is 0 Å². The van der Waals surface area contributed by atoms with Crippen LogP contribution in [0.4, 0.5) is 0 Å². The van der Waals surface area contributed by atoms with Crippen LogP contribution in [0.25, 0.3) is 0 Å². The zero-order valence-corrected chi connectivity index (χ0v) is 9.40. The van der Waals surface area contributed by atoms with E-state index in [4.69, 9.17) is 0 Å². The van der Waals surface area contributed by atoms with Crippen molar-refractivity contribution in [3.05, 3.63) is 53.8 Å². The molecule has 0 amide bonds. The van der Waals surface area contributed by atoms with Gasteiger partial charge in [-0.15, -0.1) is 0 Å². The fraction of sp³-hybridized carbons (Fsp3) is 0. The summed E-state index contributed by atoms with van der Waals surface area (Å²) in [5.74, 6) is 0. The lowest BCUT2D eigenvalue weighted by atomic mass is 10.8. The van der Waals surface area contributed by atoms with Crippen LogP contribution in [0.3, 0.4) is 0 Å². The Morgan fingerprint density at radius 3 is 1.60 bits per heavy atom. The largest absolute Gasteiger partial charge is 0.365 e. The highest BCUT2D eigenvalue weighted by atomic mass is 32.1. The van der Waals surface area contributed by atoms with Gasteiger partial charge in [0, 0.05) is 23.2 Å². The minimum atomic E-state index is 1.46. The van der Waals surface area contributed by atoms with Crippen LogP contribution in [0.15, 0.2) is 58.3 Å². The maximum absolute atomic E-state index is 4.33. The van der Waals surface area contributed by atoms with E-state index in [0.29, 0.717) is 0 Å². The Bertz CT molecular complexity index is 255. The van der Waals surface area contributed by atoms with Crippen LogP contribution in [-0.4, -0.2) is 13.9 Å². The molecule has 0 aliphatic heterocycles. The van der Waals surface area contributed by atoms with Crippen LogP contribution in [0, 0.1) is 0 Å². The SMILES string of the molecule is c1cnoc1.c1cnsc1.c1cnsc1. The third kappa shape index (κ3) is 7.53. The predicted molar refractivity (Wildman–Crippen MR) is 60.7 cm³/mol. The first-order valence-electron chi connectivity index (χ1n) is 4.03. The zero-order valence-electron chi connectivity index (χ0n) is 7.76. The number of aromatic nitrogens is 3. The Morgan fingerprint density at radius 2 is 1.47 bits per heavy atom. The molecule has 0 N–H and O–H groups in total. The molecule has 0 fully saturated rings. The molecule has 0 spiro atoms. The van der Waals surface area contributed by atoms with Crippen molar-refractivity contribution in [3.63, 3.8) is 0 Å². The summed E-state index contributed by atoms with van der Waals surface area (Å²) < 4.78 is 11.9. The van der Waals surface area contributed by atoms with Crippen LogP contribution in [-0.2, 0) is 0 Å². The van der Waals surface area contributed by atoms with E-state index in [1.807, 2.05) is 22.9 Å². The molecule has 0 bridgehead atoms. The second kappa shape index (κ2) is 9.04. The molecule has 3 aromatic heterocycles. The molecule has 0 atom stereocenters. The average Bonchev–Trinajstić information content (AvgIpc) is 3.09. The van der Waals surface area contributed by atoms with Crippen LogP contribution in [0.5, 0.6) is 0 Å². The van der Waals surface area contributed by atoms with E-state index in [-0.39, 0.29) is 0 Å². The summed E-state index contributed by atoms with van der Waals surface area (Å²) in [6.07, 6.45) is 6.63. The van der Waals surface area contributed by atoms with Gasteiger partial charge in [-0.2, -0.15) is 0 Å². The van der Waals surface area contributed by atoms with E-state index < -0.39 is 0 Å². The number of nitrogens with zero attached hydrogens (tertiary/aromatic N) is 3. The number of hydrogen-bond acceptors (Lipinski definition) is 6. The minimum absolute atomic E-state index is 1.46. The Kier molecular flexibility index (Phi) is 6.96. The molecule has 0 aliphatic rings. The lowest BCUT2D eigenvalue weighted by Crippen LogP contribution is -1.38. The van der Waals surface area contributed by atoms with Crippen LogP contribution >= 0.6 is 23.1 Å². The first-order chi connectivity index (χ1) is 7.50. The highest BCUT2D eigenvalue weighted by molar-refractivity contribution is 7.03. The third-order valence-corrected chi connectivity index (χ3v) is 2.09. The van der Waals surface area contributed by atoms with Crippen molar-refractivity contribution >= 4 is 23.1 Å². The van der Waals surface area contributed by atoms with Gasteiger partial charge in [-0.25, -0.2) is 8.75 Å². The zero-order chi connectivity index (χ0) is 10.6. The maximum Gasteiger partial charge on any atom is 0.123 e. The van der Waals surface area contributed by atoms with Gasteiger partial charge in [0.1, 0.15) is 6.26 Å². The standard InChI is InChI=1S/C3H3NO.2C3H3NS/c3*1-2-4-5-3-1/h3*1-3H. The lowest BCUT2D eigenvalue weighted by molar-refractivity contribution is 0.420. The summed E-state index contributed by atoms with van der Waals surface area (Å²) in [4.78, 5) is 0. The van der Waals surface area contributed by atoms with Crippen molar-refractivity contribution in [3.8, 4) is 0 Å². The van der Waals surface area contributed by atoms with Gasteiger partial charge in [0.25, 0.3) is 0 Å². The normalized spacial score (nSPS) is 8.00. The topological polar surface area (TPSA) is 51.8 Å². The van der Waals surface area contributed by atoms with E-state index in [1.54, 1.807) is 24.7 Å². The molecule has 3 rings (SSSR count). The molecule has 0 saturated carbocycles. The smallest absolute Gasteiger partial charge is 0.123 e. The molecule has 3 aromatic rings. The van der Waals surface area contributed by atoms with Crippen LogP contribution in [0.1, 0.15) is 0 Å². The molecule has 0 aliphatic carbocycles. The second-order valence-corrected chi connectivity index (χ2v) is 3.45. The van der Waals surface area contributed by atoms with Crippen molar-refractivity contribution in [2.45, 2.75) is 0 Å². The first kappa shape index (κ1) is 11.5. The van der Waals surface area contributed by atoms with Crippen LogP contribution < -0.4 is 0 Å². The summed E-state index contributed by atoms with van der Waals surface area (Å²) in [6, 6.07) is 5.54. The molecule has 0 saturated heterocycles. The average molecular weight is 239 g/mol. The number of rotatable bonds is 0. The molecule has 15 heavy (non-hydrogen) atoms. The fourth-order valence-corrected chi connectivity index (χ4v) is 1.23. The van der Waals surface area contributed by atoms with Crippen molar-refractivity contribution in [1.29, 1.82) is 0 Å². The summed E-state index contributed by atoms with van der Waals surface area (Å²) in [6.45, 7) is 0. The Balaban J connectivity index is 0.000000112. The van der Waals surface area contributed by atoms with E-state index in [1.165, 1.54) is 29.3 Å². The Labute approximate surface area is 95.5 Å². The van der Waals surface area contributed by atoms with Crippen molar-refractivity contribution in [1.82, 2.24) is 13.9 Å². The van der Waals surface area contributed by atoms with Gasteiger partial charge in [0.2, 0.25) is 0 Å². The molecule has 0 radical (unpaired) electrons. The molecule has 78 valence electrons. The Morgan fingerprint density at radius 1 is 0.800 bits per heavy atom. The van der Waals surface area contributed by atoms with Crippen molar-refractivity contribution in [2.75, 3.05) is 0 Å². The van der Waals surface area contributed by atoms with Crippen molar-refractivity contribution in [2.24, 2.45) is 0 Å².